The van der Waals surface area contributed by atoms with E-state index >= 15 is 0 Å². The van der Waals surface area contributed by atoms with E-state index < -0.39 is 41.1 Å². The first-order chi connectivity index (χ1) is 14.5. The van der Waals surface area contributed by atoms with Gasteiger partial charge in [0.25, 0.3) is 5.91 Å². The second-order valence-corrected chi connectivity index (χ2v) is 9.43. The van der Waals surface area contributed by atoms with Gasteiger partial charge in [-0.2, -0.15) is 0 Å². The molecule has 0 aliphatic carbocycles. The largest absolute Gasteiger partial charge is 0.346 e. The molecule has 0 radical (unpaired) electrons. The number of amides is 3. The number of carbonyl (C=O) groups excluding carboxylic acids is 4. The van der Waals surface area contributed by atoms with Crippen molar-refractivity contribution in [1.29, 1.82) is 0 Å². The number of ketones is 1. The van der Waals surface area contributed by atoms with Crippen LogP contribution in [0.15, 0.2) is 12.7 Å². The Morgan fingerprint density at radius 3 is 2.39 bits per heavy atom. The Morgan fingerprint density at radius 2 is 1.87 bits per heavy atom. The summed E-state index contributed by atoms with van der Waals surface area (Å²) in [6, 6.07) is -2.36. The molecule has 1 fully saturated rings. The second-order valence-electron chi connectivity index (χ2n) is 9.43. The Balaban J connectivity index is 3.02. The fourth-order valence-electron chi connectivity index (χ4n) is 3.62. The molecule has 0 bridgehead atoms. The molecule has 1 heterocycles. The van der Waals surface area contributed by atoms with Gasteiger partial charge in [0.05, 0.1) is 12.1 Å². The Morgan fingerprint density at radius 1 is 1.23 bits per heavy atom. The number of hydrogen-bond donors (Lipinski definition) is 3. The highest BCUT2D eigenvalue weighted by Gasteiger charge is 2.43. The Labute approximate surface area is 186 Å². The van der Waals surface area contributed by atoms with E-state index in [-0.39, 0.29) is 18.4 Å². The zero-order valence-corrected chi connectivity index (χ0v) is 19.7. The van der Waals surface area contributed by atoms with E-state index in [1.165, 1.54) is 6.08 Å². The van der Waals surface area contributed by atoms with Gasteiger partial charge in [-0.15, -0.1) is 6.58 Å². The van der Waals surface area contributed by atoms with E-state index in [9.17, 15) is 19.2 Å². The monoisotopic (exact) mass is 436 g/mol. The fraction of sp³-hybridized carbons (Fsp3) is 0.739. The van der Waals surface area contributed by atoms with Crippen molar-refractivity contribution in [1.82, 2.24) is 15.5 Å². The van der Waals surface area contributed by atoms with Crippen molar-refractivity contribution in [2.24, 2.45) is 17.1 Å². The highest BCUT2D eigenvalue weighted by Crippen LogP contribution is 2.29. The molecule has 0 aromatic heterocycles. The molecule has 0 saturated carbocycles. The van der Waals surface area contributed by atoms with Crippen LogP contribution in [0.5, 0.6) is 0 Å². The minimum absolute atomic E-state index is 0.173. The highest BCUT2D eigenvalue weighted by atomic mass is 16.2. The van der Waals surface area contributed by atoms with Gasteiger partial charge in [-0.25, -0.2) is 0 Å². The zero-order chi connectivity index (χ0) is 23.8. The van der Waals surface area contributed by atoms with E-state index in [0.29, 0.717) is 25.8 Å². The predicted octanol–water partition coefficient (Wildman–Crippen LogP) is 1.53. The molecule has 0 aromatic rings. The number of nitrogens with zero attached hydrogens (tertiary/aromatic N) is 1. The molecule has 2 unspecified atom stereocenters. The lowest BCUT2D eigenvalue weighted by atomic mass is 9.86. The van der Waals surface area contributed by atoms with Crippen LogP contribution in [0.3, 0.4) is 0 Å². The van der Waals surface area contributed by atoms with Crippen LogP contribution in [0, 0.1) is 11.3 Å². The number of nitrogens with one attached hydrogen (secondary N) is 2. The molecular formula is C23H40N4O4. The van der Waals surface area contributed by atoms with E-state index in [1.807, 2.05) is 34.6 Å². The third kappa shape index (κ3) is 7.45. The number of likely N-dealkylation sites (tertiary alicyclic amines) is 1. The molecule has 8 heteroatoms. The second kappa shape index (κ2) is 12.0. The van der Waals surface area contributed by atoms with Gasteiger partial charge < -0.3 is 21.3 Å². The fourth-order valence-corrected chi connectivity index (χ4v) is 3.62. The first-order valence-corrected chi connectivity index (χ1v) is 11.3. The molecule has 1 saturated heterocycles. The summed E-state index contributed by atoms with van der Waals surface area (Å²) in [6.45, 7) is 13.8. The molecule has 3 amide bonds. The quantitative estimate of drug-likeness (QED) is 0.335. The minimum Gasteiger partial charge on any atom is -0.346 e. The van der Waals surface area contributed by atoms with Gasteiger partial charge in [0.15, 0.2) is 0 Å². The third-order valence-electron chi connectivity index (χ3n) is 5.86. The van der Waals surface area contributed by atoms with Crippen molar-refractivity contribution in [2.45, 2.75) is 84.8 Å². The molecular weight excluding hydrogens is 396 g/mol. The summed E-state index contributed by atoms with van der Waals surface area (Å²) in [5.74, 6) is -1.91. The first-order valence-electron chi connectivity index (χ1n) is 11.3. The number of rotatable bonds is 11. The molecule has 176 valence electrons. The molecule has 0 spiro atoms. The molecule has 4 N–H and O–H groups in total. The van der Waals surface area contributed by atoms with Crippen molar-refractivity contribution in [3.63, 3.8) is 0 Å². The number of unbranched alkanes of at least 4 members (excludes halogenated alkanes) is 1. The summed E-state index contributed by atoms with van der Waals surface area (Å²) < 4.78 is 0. The van der Waals surface area contributed by atoms with Gasteiger partial charge in [-0.3, -0.25) is 19.2 Å². The third-order valence-corrected chi connectivity index (χ3v) is 5.86. The molecule has 1 aliphatic rings. The van der Waals surface area contributed by atoms with Crippen LogP contribution in [0.2, 0.25) is 0 Å². The summed E-state index contributed by atoms with van der Waals surface area (Å²) in [7, 11) is 0. The van der Waals surface area contributed by atoms with E-state index in [4.69, 9.17) is 5.73 Å². The molecule has 1 aliphatic heterocycles. The van der Waals surface area contributed by atoms with Crippen LogP contribution in [0.25, 0.3) is 0 Å². The van der Waals surface area contributed by atoms with Gasteiger partial charge in [-0.05, 0) is 24.2 Å². The van der Waals surface area contributed by atoms with Gasteiger partial charge in [0.2, 0.25) is 17.6 Å². The van der Waals surface area contributed by atoms with Crippen LogP contribution in [-0.2, 0) is 19.2 Å². The van der Waals surface area contributed by atoms with Crippen molar-refractivity contribution in [2.75, 3.05) is 13.1 Å². The van der Waals surface area contributed by atoms with Crippen molar-refractivity contribution < 1.29 is 19.2 Å². The first kappa shape index (κ1) is 26.8. The Bertz CT molecular complexity index is 671. The smallest absolute Gasteiger partial charge is 0.289 e. The average Bonchev–Trinajstić information content (AvgIpc) is 3.17. The van der Waals surface area contributed by atoms with Crippen LogP contribution < -0.4 is 16.4 Å². The SMILES string of the molecule is C=CCNC(=O)C(=O)C(CCCC)NC(=O)[C@@H]1CC(CC)CN1C(=O)[C@@H](N)C(C)(C)C. The standard InChI is InChI=1S/C23H40N4O4/c1-7-10-11-16(18(28)21(30)25-12-8-2)26-20(29)17-13-15(9-3)14-27(17)22(31)19(24)23(4,5)6/h8,15-17,19H,2,7,9-14,24H2,1,3-6H3,(H,25,30)(H,26,29)/t15?,16?,17-,19+/m0/s1. The molecule has 31 heavy (non-hydrogen) atoms. The van der Waals surface area contributed by atoms with E-state index in [1.54, 1.807) is 4.90 Å². The maximum Gasteiger partial charge on any atom is 0.289 e. The van der Waals surface area contributed by atoms with E-state index in [2.05, 4.69) is 17.2 Å². The van der Waals surface area contributed by atoms with Gasteiger partial charge >= 0.3 is 0 Å². The number of hydrogen-bond acceptors (Lipinski definition) is 5. The average molecular weight is 437 g/mol. The lowest BCUT2D eigenvalue weighted by Gasteiger charge is -2.33. The topological polar surface area (TPSA) is 122 Å². The Hall–Kier alpha value is -2.22. The lowest BCUT2D eigenvalue weighted by Crippen LogP contribution is -2.57. The van der Waals surface area contributed by atoms with E-state index in [0.717, 1.165) is 12.8 Å². The van der Waals surface area contributed by atoms with Crippen LogP contribution in [0.4, 0.5) is 0 Å². The molecule has 4 atom stereocenters. The summed E-state index contributed by atoms with van der Waals surface area (Å²) in [4.78, 5) is 52.5. The maximum atomic E-state index is 13.2. The minimum atomic E-state index is -0.925. The number of nitrogens with two attached hydrogens (primary N) is 1. The van der Waals surface area contributed by atoms with Crippen LogP contribution in [0.1, 0.15) is 66.7 Å². The number of Topliss-reactive ketones (excluding diaryl/α,β-unsaturated/α-hetero) is 1. The summed E-state index contributed by atoms with van der Waals surface area (Å²) in [6.07, 6.45) is 4.70. The lowest BCUT2D eigenvalue weighted by molar-refractivity contribution is -0.143. The number of carbonyl (C=O) groups is 4. The Kier molecular flexibility index (Phi) is 10.4. The zero-order valence-electron chi connectivity index (χ0n) is 19.7. The van der Waals surface area contributed by atoms with Gasteiger partial charge in [0.1, 0.15) is 6.04 Å². The van der Waals surface area contributed by atoms with Crippen molar-refractivity contribution in [3.8, 4) is 0 Å². The van der Waals surface area contributed by atoms with Crippen LogP contribution >= 0.6 is 0 Å². The van der Waals surface area contributed by atoms with Gasteiger partial charge in [0, 0.05) is 13.1 Å². The van der Waals surface area contributed by atoms with Gasteiger partial charge in [-0.1, -0.05) is 60.0 Å². The normalized spacial score (nSPS) is 20.6. The molecule has 8 nitrogen and oxygen atoms in total. The summed E-state index contributed by atoms with van der Waals surface area (Å²) in [5, 5.41) is 5.22. The molecule has 0 aromatic carbocycles. The summed E-state index contributed by atoms with van der Waals surface area (Å²) in [5.41, 5.74) is 5.75. The summed E-state index contributed by atoms with van der Waals surface area (Å²) >= 11 is 0. The van der Waals surface area contributed by atoms with Crippen molar-refractivity contribution >= 4 is 23.5 Å². The molecule has 1 rings (SSSR count). The maximum absolute atomic E-state index is 13.2. The van der Waals surface area contributed by atoms with Crippen molar-refractivity contribution in [3.05, 3.63) is 12.7 Å². The predicted molar refractivity (Wildman–Crippen MR) is 121 cm³/mol. The van der Waals surface area contributed by atoms with Crippen LogP contribution in [-0.4, -0.2) is 59.6 Å². The highest BCUT2D eigenvalue weighted by molar-refractivity contribution is 6.38.